The lowest BCUT2D eigenvalue weighted by molar-refractivity contribution is 0.0951. The molecule has 0 spiro atoms. The predicted molar refractivity (Wildman–Crippen MR) is 88.9 cm³/mol. The summed E-state index contributed by atoms with van der Waals surface area (Å²) in [4.78, 5) is 14.6. The highest BCUT2D eigenvalue weighted by molar-refractivity contribution is 7.15. The zero-order valence-electron chi connectivity index (χ0n) is 12.8. The lowest BCUT2D eigenvalue weighted by Gasteiger charge is -2.15. The molecule has 0 radical (unpaired) electrons. The molecule has 1 amide bonds. The van der Waals surface area contributed by atoms with Crippen molar-refractivity contribution in [3.8, 4) is 10.4 Å². The van der Waals surface area contributed by atoms with E-state index in [-0.39, 0.29) is 11.3 Å². The molecule has 1 N–H and O–H groups in total. The number of carbonyl (C=O) groups is 1. The maximum Gasteiger partial charge on any atom is 0.251 e. The van der Waals surface area contributed by atoms with E-state index in [0.29, 0.717) is 6.04 Å². The zero-order chi connectivity index (χ0) is 15.0. The molecule has 3 heteroatoms. The summed E-state index contributed by atoms with van der Waals surface area (Å²) in [5.41, 5.74) is 2.12. The molecule has 0 atom stereocenters. The van der Waals surface area contributed by atoms with Gasteiger partial charge < -0.3 is 5.32 Å². The first-order chi connectivity index (χ1) is 9.93. The van der Waals surface area contributed by atoms with Gasteiger partial charge in [-0.2, -0.15) is 0 Å². The molecule has 1 heterocycles. The van der Waals surface area contributed by atoms with E-state index in [2.05, 4.69) is 38.2 Å². The summed E-state index contributed by atoms with van der Waals surface area (Å²) in [6.07, 6.45) is 2.24. The van der Waals surface area contributed by atoms with Crippen LogP contribution in [0.25, 0.3) is 10.4 Å². The fourth-order valence-electron chi connectivity index (χ4n) is 2.18. The van der Waals surface area contributed by atoms with Gasteiger partial charge in [0.05, 0.1) is 0 Å². The highest BCUT2D eigenvalue weighted by atomic mass is 32.1. The minimum absolute atomic E-state index is 0.0469. The van der Waals surface area contributed by atoms with Crippen LogP contribution in [0.5, 0.6) is 0 Å². The van der Waals surface area contributed by atoms with Crippen molar-refractivity contribution in [3.63, 3.8) is 0 Å². The van der Waals surface area contributed by atoms with E-state index in [1.54, 1.807) is 0 Å². The molecule has 110 valence electrons. The van der Waals surface area contributed by atoms with Gasteiger partial charge in [-0.15, -0.1) is 11.3 Å². The molecule has 1 saturated carbocycles. The Morgan fingerprint density at radius 2 is 1.76 bits per heavy atom. The van der Waals surface area contributed by atoms with Gasteiger partial charge in [0, 0.05) is 21.4 Å². The van der Waals surface area contributed by atoms with E-state index in [0.717, 1.165) is 18.4 Å². The molecule has 1 fully saturated rings. The second kappa shape index (κ2) is 5.30. The molecular formula is C18H21NOS. The second-order valence-electron chi connectivity index (χ2n) is 6.74. The molecule has 1 aliphatic carbocycles. The van der Waals surface area contributed by atoms with Crippen molar-refractivity contribution in [2.24, 2.45) is 0 Å². The van der Waals surface area contributed by atoms with Crippen LogP contribution in [0.2, 0.25) is 0 Å². The third kappa shape index (κ3) is 3.35. The first-order valence-corrected chi connectivity index (χ1v) is 8.27. The highest BCUT2D eigenvalue weighted by Crippen LogP contribution is 2.35. The van der Waals surface area contributed by atoms with Gasteiger partial charge in [-0.05, 0) is 48.1 Å². The highest BCUT2D eigenvalue weighted by Gasteiger charge is 2.23. The fraction of sp³-hybridized carbons (Fsp3) is 0.389. The molecule has 2 aromatic rings. The first kappa shape index (κ1) is 14.3. The van der Waals surface area contributed by atoms with E-state index < -0.39 is 0 Å². The van der Waals surface area contributed by atoms with Crippen molar-refractivity contribution in [3.05, 3.63) is 46.8 Å². The number of thiophene rings is 1. The van der Waals surface area contributed by atoms with Crippen LogP contribution in [0.1, 0.15) is 48.8 Å². The first-order valence-electron chi connectivity index (χ1n) is 7.45. The Bertz CT molecular complexity index is 645. The van der Waals surface area contributed by atoms with E-state index in [1.807, 2.05) is 35.6 Å². The molecule has 21 heavy (non-hydrogen) atoms. The third-order valence-corrected chi connectivity index (χ3v) is 5.25. The Labute approximate surface area is 130 Å². The molecule has 3 rings (SSSR count). The SMILES string of the molecule is CC(C)(C)c1ccc(-c2ccc(C(=O)NC3CC3)cc2)s1. The van der Waals surface area contributed by atoms with Gasteiger partial charge in [0.25, 0.3) is 5.91 Å². The summed E-state index contributed by atoms with van der Waals surface area (Å²) in [6.45, 7) is 6.69. The summed E-state index contributed by atoms with van der Waals surface area (Å²) in [6, 6.07) is 12.7. The van der Waals surface area contributed by atoms with E-state index >= 15 is 0 Å². The van der Waals surface area contributed by atoms with Crippen LogP contribution in [0, 0.1) is 0 Å². The number of hydrogen-bond acceptors (Lipinski definition) is 2. The topological polar surface area (TPSA) is 29.1 Å². The zero-order valence-corrected chi connectivity index (χ0v) is 13.6. The summed E-state index contributed by atoms with van der Waals surface area (Å²) in [5.74, 6) is 0.0469. The summed E-state index contributed by atoms with van der Waals surface area (Å²) in [7, 11) is 0. The van der Waals surface area contributed by atoms with Crippen LogP contribution in [0.3, 0.4) is 0 Å². The van der Waals surface area contributed by atoms with Gasteiger partial charge in [-0.25, -0.2) is 0 Å². The van der Waals surface area contributed by atoms with Gasteiger partial charge in [0.1, 0.15) is 0 Å². The lowest BCUT2D eigenvalue weighted by Crippen LogP contribution is -2.25. The number of amides is 1. The van der Waals surface area contributed by atoms with Gasteiger partial charge in [0.15, 0.2) is 0 Å². The van der Waals surface area contributed by atoms with Crippen molar-refractivity contribution in [1.29, 1.82) is 0 Å². The van der Waals surface area contributed by atoms with Crippen molar-refractivity contribution in [2.75, 3.05) is 0 Å². The summed E-state index contributed by atoms with van der Waals surface area (Å²) >= 11 is 1.83. The molecule has 1 aromatic carbocycles. The monoisotopic (exact) mass is 299 g/mol. The quantitative estimate of drug-likeness (QED) is 0.881. The van der Waals surface area contributed by atoms with Crippen molar-refractivity contribution >= 4 is 17.2 Å². The summed E-state index contributed by atoms with van der Waals surface area (Å²) < 4.78 is 0. The van der Waals surface area contributed by atoms with Crippen LogP contribution < -0.4 is 5.32 Å². The van der Waals surface area contributed by atoms with E-state index in [9.17, 15) is 4.79 Å². The number of carbonyl (C=O) groups excluding carboxylic acids is 1. The maximum absolute atomic E-state index is 12.0. The minimum atomic E-state index is 0.0469. The third-order valence-electron chi connectivity index (χ3n) is 3.69. The van der Waals surface area contributed by atoms with Crippen LogP contribution in [0.15, 0.2) is 36.4 Å². The normalized spacial score (nSPS) is 15.0. The van der Waals surface area contributed by atoms with Gasteiger partial charge >= 0.3 is 0 Å². The molecular weight excluding hydrogens is 278 g/mol. The van der Waals surface area contributed by atoms with Crippen LogP contribution in [0.4, 0.5) is 0 Å². The van der Waals surface area contributed by atoms with Crippen LogP contribution in [-0.2, 0) is 5.41 Å². The number of benzene rings is 1. The van der Waals surface area contributed by atoms with Crippen molar-refractivity contribution < 1.29 is 4.79 Å². The van der Waals surface area contributed by atoms with E-state index in [1.165, 1.54) is 15.3 Å². The Morgan fingerprint density at radius 3 is 2.29 bits per heavy atom. The maximum atomic E-state index is 12.0. The van der Waals surface area contributed by atoms with E-state index in [4.69, 9.17) is 0 Å². The largest absolute Gasteiger partial charge is 0.349 e. The van der Waals surface area contributed by atoms with Gasteiger partial charge in [0.2, 0.25) is 0 Å². The second-order valence-corrected chi connectivity index (χ2v) is 7.82. The van der Waals surface area contributed by atoms with Gasteiger partial charge in [-0.3, -0.25) is 4.79 Å². The Balaban J connectivity index is 1.77. The smallest absolute Gasteiger partial charge is 0.251 e. The fourth-order valence-corrected chi connectivity index (χ4v) is 3.25. The molecule has 0 unspecified atom stereocenters. The molecule has 0 aliphatic heterocycles. The predicted octanol–water partition coefficient (Wildman–Crippen LogP) is 4.60. The molecule has 1 aromatic heterocycles. The summed E-state index contributed by atoms with van der Waals surface area (Å²) in [5, 5.41) is 3.02. The number of nitrogens with one attached hydrogen (secondary N) is 1. The lowest BCUT2D eigenvalue weighted by atomic mass is 9.95. The Hall–Kier alpha value is -1.61. The Kier molecular flexibility index (Phi) is 3.62. The average Bonchev–Trinajstić information content (AvgIpc) is 3.09. The van der Waals surface area contributed by atoms with Crippen LogP contribution in [-0.4, -0.2) is 11.9 Å². The minimum Gasteiger partial charge on any atom is -0.349 e. The molecule has 0 bridgehead atoms. The Morgan fingerprint density at radius 1 is 1.10 bits per heavy atom. The molecule has 0 saturated heterocycles. The van der Waals surface area contributed by atoms with Crippen molar-refractivity contribution in [1.82, 2.24) is 5.32 Å². The average molecular weight is 299 g/mol. The molecule has 2 nitrogen and oxygen atoms in total. The molecule has 1 aliphatic rings. The standard InChI is InChI=1S/C18H21NOS/c1-18(2,3)16-11-10-15(21-16)12-4-6-13(7-5-12)17(20)19-14-8-9-14/h4-7,10-11,14H,8-9H2,1-3H3,(H,19,20). The van der Waals surface area contributed by atoms with Crippen LogP contribution >= 0.6 is 11.3 Å². The number of hydrogen-bond donors (Lipinski definition) is 1. The van der Waals surface area contributed by atoms with Crippen molar-refractivity contribution in [2.45, 2.75) is 45.1 Å². The number of rotatable bonds is 3. The van der Waals surface area contributed by atoms with Gasteiger partial charge in [-0.1, -0.05) is 32.9 Å².